The van der Waals surface area contributed by atoms with Crippen molar-refractivity contribution in [3.63, 3.8) is 0 Å². The lowest BCUT2D eigenvalue weighted by molar-refractivity contribution is 0.102. The molecule has 0 spiro atoms. The van der Waals surface area contributed by atoms with E-state index in [1.165, 1.54) is 5.56 Å². The van der Waals surface area contributed by atoms with Crippen molar-refractivity contribution in [3.8, 4) is 0 Å². The fourth-order valence-electron chi connectivity index (χ4n) is 2.34. The second-order valence-corrected chi connectivity index (χ2v) is 5.94. The number of carbonyl (C=O) groups is 1. The van der Waals surface area contributed by atoms with Gasteiger partial charge in [-0.2, -0.15) is 0 Å². The number of hydrogen-bond donors (Lipinski definition) is 1. The van der Waals surface area contributed by atoms with E-state index < -0.39 is 0 Å². The average Bonchev–Trinajstić information content (AvgIpc) is 2.68. The van der Waals surface area contributed by atoms with Crippen molar-refractivity contribution in [3.05, 3.63) is 101 Å². The summed E-state index contributed by atoms with van der Waals surface area (Å²) in [5, 5.41) is 6.83. The minimum absolute atomic E-state index is 0.138. The van der Waals surface area contributed by atoms with E-state index in [0.717, 1.165) is 16.8 Å². The third-order valence-corrected chi connectivity index (χ3v) is 3.83. The number of para-hydroxylation sites is 1. The van der Waals surface area contributed by atoms with E-state index in [9.17, 15) is 4.79 Å². The van der Waals surface area contributed by atoms with Gasteiger partial charge in [0.25, 0.3) is 5.91 Å². The third kappa shape index (κ3) is 5.05. The van der Waals surface area contributed by atoms with Crippen LogP contribution in [0.15, 0.2) is 84.0 Å². The number of aryl methyl sites for hydroxylation is 1. The number of carbonyl (C=O) groups excluding carboxylic acids is 1. The first kappa shape index (κ1) is 17.4. The lowest BCUT2D eigenvalue weighted by Crippen LogP contribution is -2.11. The first-order valence-corrected chi connectivity index (χ1v) is 8.38. The maximum atomic E-state index is 12.2. The molecule has 26 heavy (non-hydrogen) atoms. The van der Waals surface area contributed by atoms with Crippen LogP contribution in [0.4, 0.5) is 5.69 Å². The number of anilines is 1. The zero-order valence-corrected chi connectivity index (χ0v) is 14.6. The molecule has 3 aromatic carbocycles. The molecule has 0 atom stereocenters. The fourth-order valence-corrected chi connectivity index (χ4v) is 2.34. The maximum Gasteiger partial charge on any atom is 0.255 e. The lowest BCUT2D eigenvalue weighted by atomic mass is 10.1. The van der Waals surface area contributed by atoms with Gasteiger partial charge in [-0.05, 0) is 42.3 Å². The van der Waals surface area contributed by atoms with Gasteiger partial charge in [0.05, 0.1) is 6.21 Å². The Morgan fingerprint density at radius 1 is 0.962 bits per heavy atom. The van der Waals surface area contributed by atoms with Crippen LogP contribution in [0.25, 0.3) is 0 Å². The molecule has 1 amide bonds. The number of benzene rings is 3. The molecule has 0 aliphatic heterocycles. The molecule has 0 aliphatic rings. The highest BCUT2D eigenvalue weighted by atomic mass is 16.6. The maximum absolute atomic E-state index is 12.2. The largest absolute Gasteiger partial charge is 0.391 e. The first-order chi connectivity index (χ1) is 12.7. The highest BCUT2D eigenvalue weighted by molar-refractivity contribution is 6.04. The predicted molar refractivity (Wildman–Crippen MR) is 104 cm³/mol. The Bertz CT molecular complexity index is 870. The molecule has 3 rings (SSSR count). The molecule has 0 unspecified atom stereocenters. The van der Waals surface area contributed by atoms with Crippen molar-refractivity contribution in [2.45, 2.75) is 13.5 Å². The molecule has 4 nitrogen and oxygen atoms in total. The predicted octanol–water partition coefficient (Wildman–Crippen LogP) is 4.80. The highest BCUT2D eigenvalue weighted by Crippen LogP contribution is 2.10. The Morgan fingerprint density at radius 2 is 1.65 bits per heavy atom. The van der Waals surface area contributed by atoms with Gasteiger partial charge in [0, 0.05) is 11.3 Å². The molecule has 130 valence electrons. The second-order valence-electron chi connectivity index (χ2n) is 5.94. The summed E-state index contributed by atoms with van der Waals surface area (Å²) in [5.41, 5.74) is 4.52. The fraction of sp³-hybridized carbons (Fsp3) is 0.0909. The summed E-state index contributed by atoms with van der Waals surface area (Å²) >= 11 is 0. The summed E-state index contributed by atoms with van der Waals surface area (Å²) < 4.78 is 0. The smallest absolute Gasteiger partial charge is 0.255 e. The van der Waals surface area contributed by atoms with E-state index in [2.05, 4.69) is 10.5 Å². The summed E-state index contributed by atoms with van der Waals surface area (Å²) in [5.74, 6) is -0.138. The van der Waals surface area contributed by atoms with Crippen LogP contribution in [-0.4, -0.2) is 12.1 Å². The van der Waals surface area contributed by atoms with Crippen LogP contribution in [0.3, 0.4) is 0 Å². The van der Waals surface area contributed by atoms with Crippen molar-refractivity contribution in [1.82, 2.24) is 0 Å². The van der Waals surface area contributed by atoms with E-state index in [1.54, 1.807) is 18.3 Å². The summed E-state index contributed by atoms with van der Waals surface area (Å²) in [6, 6.07) is 24.7. The molecule has 4 heteroatoms. The van der Waals surface area contributed by atoms with Gasteiger partial charge in [-0.15, -0.1) is 0 Å². The number of nitrogens with one attached hydrogen (secondary N) is 1. The Kier molecular flexibility index (Phi) is 5.78. The van der Waals surface area contributed by atoms with Crippen LogP contribution in [0, 0.1) is 6.92 Å². The molecule has 0 aliphatic carbocycles. The normalized spacial score (nSPS) is 10.7. The van der Waals surface area contributed by atoms with E-state index in [-0.39, 0.29) is 5.91 Å². The minimum atomic E-state index is -0.138. The van der Waals surface area contributed by atoms with Crippen molar-refractivity contribution < 1.29 is 9.63 Å². The molecule has 0 fully saturated rings. The molecule has 0 radical (unpaired) electrons. The number of rotatable bonds is 6. The summed E-state index contributed by atoms with van der Waals surface area (Å²) in [6.45, 7) is 2.39. The van der Waals surface area contributed by atoms with Crippen LogP contribution >= 0.6 is 0 Å². The lowest BCUT2D eigenvalue weighted by Gasteiger charge is -2.06. The summed E-state index contributed by atoms with van der Waals surface area (Å²) in [6.07, 6.45) is 1.68. The van der Waals surface area contributed by atoms with Gasteiger partial charge in [0.15, 0.2) is 0 Å². The van der Waals surface area contributed by atoms with Gasteiger partial charge in [-0.1, -0.05) is 65.3 Å². The first-order valence-electron chi connectivity index (χ1n) is 8.38. The zero-order valence-electron chi connectivity index (χ0n) is 14.6. The van der Waals surface area contributed by atoms with Gasteiger partial charge in [0.2, 0.25) is 0 Å². The van der Waals surface area contributed by atoms with E-state index in [0.29, 0.717) is 12.2 Å². The van der Waals surface area contributed by atoms with Crippen LogP contribution in [0.5, 0.6) is 0 Å². The molecular weight excluding hydrogens is 324 g/mol. The highest BCUT2D eigenvalue weighted by Gasteiger charge is 2.05. The van der Waals surface area contributed by atoms with E-state index in [1.807, 2.05) is 73.7 Å². The van der Waals surface area contributed by atoms with Gasteiger partial charge in [0.1, 0.15) is 6.61 Å². The molecular formula is C22H20N2O2. The standard InChI is InChI=1S/C22H20N2O2/c1-17-7-9-18(10-8-17)15-23-26-16-19-11-13-20(14-12-19)22(25)24-21-5-3-2-4-6-21/h2-15H,16H2,1H3,(H,24,25)/b23-15-. The van der Waals surface area contributed by atoms with Crippen LogP contribution < -0.4 is 5.32 Å². The topological polar surface area (TPSA) is 50.7 Å². The Morgan fingerprint density at radius 3 is 2.35 bits per heavy atom. The molecule has 0 bridgehead atoms. The summed E-state index contributed by atoms with van der Waals surface area (Å²) in [7, 11) is 0. The van der Waals surface area contributed by atoms with Crippen molar-refractivity contribution >= 4 is 17.8 Å². The Labute approximate surface area is 153 Å². The summed E-state index contributed by atoms with van der Waals surface area (Å²) in [4.78, 5) is 17.5. The quantitative estimate of drug-likeness (QED) is 0.516. The zero-order chi connectivity index (χ0) is 18.2. The SMILES string of the molecule is Cc1ccc(/C=N\OCc2ccc(C(=O)Nc3ccccc3)cc2)cc1. The number of hydrogen-bond acceptors (Lipinski definition) is 3. The third-order valence-electron chi connectivity index (χ3n) is 3.83. The molecule has 0 saturated carbocycles. The number of amides is 1. The number of nitrogens with zero attached hydrogens (tertiary/aromatic N) is 1. The van der Waals surface area contributed by atoms with E-state index >= 15 is 0 Å². The molecule has 0 heterocycles. The van der Waals surface area contributed by atoms with Crippen LogP contribution in [0.1, 0.15) is 27.0 Å². The second kappa shape index (κ2) is 8.62. The Hall–Kier alpha value is -3.40. The minimum Gasteiger partial charge on any atom is -0.391 e. The van der Waals surface area contributed by atoms with Crippen molar-refractivity contribution in [1.29, 1.82) is 0 Å². The van der Waals surface area contributed by atoms with Gasteiger partial charge in [-0.25, -0.2) is 0 Å². The van der Waals surface area contributed by atoms with Crippen LogP contribution in [-0.2, 0) is 11.4 Å². The van der Waals surface area contributed by atoms with Crippen molar-refractivity contribution in [2.24, 2.45) is 5.16 Å². The van der Waals surface area contributed by atoms with Gasteiger partial charge in [-0.3, -0.25) is 4.79 Å². The van der Waals surface area contributed by atoms with Crippen molar-refractivity contribution in [2.75, 3.05) is 5.32 Å². The Balaban J connectivity index is 1.51. The molecule has 0 saturated heterocycles. The molecule has 3 aromatic rings. The molecule has 0 aromatic heterocycles. The van der Waals surface area contributed by atoms with E-state index in [4.69, 9.17) is 4.84 Å². The molecule has 1 N–H and O–H groups in total. The van der Waals surface area contributed by atoms with Gasteiger partial charge >= 0.3 is 0 Å². The monoisotopic (exact) mass is 344 g/mol. The van der Waals surface area contributed by atoms with Crippen LogP contribution in [0.2, 0.25) is 0 Å². The number of oxime groups is 1. The average molecular weight is 344 g/mol. The van der Waals surface area contributed by atoms with Gasteiger partial charge < -0.3 is 10.2 Å².